The first kappa shape index (κ1) is 7.70. The van der Waals surface area contributed by atoms with Gasteiger partial charge in [0.25, 0.3) is 0 Å². The van der Waals surface area contributed by atoms with Gasteiger partial charge in [-0.25, -0.2) is 0 Å². The SMILES string of the molecule is CC/C=C(/C)CCN. The largest absolute Gasteiger partial charge is 0.330 e. The average Bonchev–Trinajstić information content (AvgIpc) is 1.68. The molecule has 0 aliphatic heterocycles. The minimum Gasteiger partial charge on any atom is -0.330 e. The van der Waals surface area contributed by atoms with Crippen LogP contribution in [0.5, 0.6) is 0 Å². The highest BCUT2D eigenvalue weighted by Gasteiger charge is 1.82. The maximum Gasteiger partial charge on any atom is -0.00401 e. The van der Waals surface area contributed by atoms with E-state index in [1.807, 2.05) is 0 Å². The second-order valence-electron chi connectivity index (χ2n) is 2.00. The Morgan fingerprint density at radius 1 is 1.62 bits per heavy atom. The molecule has 0 heterocycles. The van der Waals surface area contributed by atoms with Gasteiger partial charge in [0, 0.05) is 0 Å². The Morgan fingerprint density at radius 3 is 2.62 bits per heavy atom. The molecule has 0 bridgehead atoms. The summed E-state index contributed by atoms with van der Waals surface area (Å²) in [7, 11) is 0. The van der Waals surface area contributed by atoms with E-state index in [0.717, 1.165) is 19.4 Å². The van der Waals surface area contributed by atoms with Crippen LogP contribution in [0.1, 0.15) is 26.7 Å². The molecule has 0 saturated heterocycles. The van der Waals surface area contributed by atoms with Crippen LogP contribution in [0.25, 0.3) is 0 Å². The summed E-state index contributed by atoms with van der Waals surface area (Å²) in [6, 6.07) is 0. The van der Waals surface area contributed by atoms with Crippen molar-refractivity contribution in [3.8, 4) is 0 Å². The maximum atomic E-state index is 5.32. The minimum absolute atomic E-state index is 0.780. The molecule has 0 aromatic heterocycles. The lowest BCUT2D eigenvalue weighted by molar-refractivity contribution is 0.938. The lowest BCUT2D eigenvalue weighted by Crippen LogP contribution is -1.98. The molecule has 0 saturated carbocycles. The minimum atomic E-state index is 0.780. The van der Waals surface area contributed by atoms with Crippen molar-refractivity contribution >= 4 is 0 Å². The Hall–Kier alpha value is -0.300. The van der Waals surface area contributed by atoms with Gasteiger partial charge in [-0.1, -0.05) is 18.6 Å². The number of rotatable bonds is 3. The molecule has 2 N–H and O–H groups in total. The van der Waals surface area contributed by atoms with Gasteiger partial charge in [-0.3, -0.25) is 0 Å². The van der Waals surface area contributed by atoms with Crippen LogP contribution >= 0.6 is 0 Å². The summed E-state index contributed by atoms with van der Waals surface area (Å²) in [4.78, 5) is 0. The molecule has 0 aliphatic carbocycles. The van der Waals surface area contributed by atoms with Crippen LogP contribution in [0.15, 0.2) is 11.6 Å². The summed E-state index contributed by atoms with van der Waals surface area (Å²) < 4.78 is 0. The van der Waals surface area contributed by atoms with Crippen LogP contribution in [0.2, 0.25) is 0 Å². The molecule has 0 fully saturated rings. The summed E-state index contributed by atoms with van der Waals surface area (Å²) in [5.41, 5.74) is 6.73. The maximum absolute atomic E-state index is 5.32. The highest BCUT2D eigenvalue weighted by atomic mass is 14.5. The first-order valence-corrected chi connectivity index (χ1v) is 3.17. The van der Waals surface area contributed by atoms with Crippen LogP contribution in [0.3, 0.4) is 0 Å². The van der Waals surface area contributed by atoms with Gasteiger partial charge in [0.15, 0.2) is 0 Å². The molecule has 0 amide bonds. The van der Waals surface area contributed by atoms with E-state index in [2.05, 4.69) is 19.9 Å². The predicted molar refractivity (Wildman–Crippen MR) is 37.7 cm³/mol. The van der Waals surface area contributed by atoms with Gasteiger partial charge in [-0.2, -0.15) is 0 Å². The molecule has 48 valence electrons. The molecule has 0 atom stereocenters. The van der Waals surface area contributed by atoms with Crippen molar-refractivity contribution in [1.82, 2.24) is 0 Å². The van der Waals surface area contributed by atoms with Gasteiger partial charge < -0.3 is 5.73 Å². The summed E-state index contributed by atoms with van der Waals surface area (Å²) >= 11 is 0. The molecule has 0 aliphatic rings. The average molecular weight is 113 g/mol. The number of nitrogens with two attached hydrogens (primary N) is 1. The normalized spacial score (nSPS) is 12.1. The quantitative estimate of drug-likeness (QED) is 0.554. The highest BCUT2D eigenvalue weighted by Crippen LogP contribution is 1.97. The van der Waals surface area contributed by atoms with Crippen LogP contribution in [0.4, 0.5) is 0 Å². The monoisotopic (exact) mass is 113 g/mol. The first-order chi connectivity index (χ1) is 3.81. The molecule has 0 spiro atoms. The summed E-state index contributed by atoms with van der Waals surface area (Å²) in [5, 5.41) is 0. The molecule has 0 unspecified atom stereocenters. The molecule has 0 radical (unpaired) electrons. The topological polar surface area (TPSA) is 26.0 Å². The second kappa shape index (κ2) is 4.85. The number of hydrogen-bond donors (Lipinski definition) is 1. The van der Waals surface area contributed by atoms with E-state index in [4.69, 9.17) is 5.73 Å². The van der Waals surface area contributed by atoms with E-state index < -0.39 is 0 Å². The molecule has 0 aromatic carbocycles. The first-order valence-electron chi connectivity index (χ1n) is 3.17. The molecular formula is C7H15N. The third-order valence-electron chi connectivity index (χ3n) is 1.09. The van der Waals surface area contributed by atoms with Crippen molar-refractivity contribution in [1.29, 1.82) is 0 Å². The zero-order chi connectivity index (χ0) is 6.41. The van der Waals surface area contributed by atoms with E-state index >= 15 is 0 Å². The van der Waals surface area contributed by atoms with Crippen LogP contribution in [0, 0.1) is 0 Å². The Morgan fingerprint density at radius 2 is 2.25 bits per heavy atom. The molecule has 0 rings (SSSR count). The van der Waals surface area contributed by atoms with Crippen LogP contribution in [-0.4, -0.2) is 6.54 Å². The predicted octanol–water partition coefficient (Wildman–Crippen LogP) is 1.69. The van der Waals surface area contributed by atoms with Crippen molar-refractivity contribution in [2.45, 2.75) is 26.7 Å². The molecule has 1 heteroatoms. The van der Waals surface area contributed by atoms with E-state index in [0.29, 0.717) is 0 Å². The molecule has 8 heavy (non-hydrogen) atoms. The van der Waals surface area contributed by atoms with Crippen LogP contribution in [-0.2, 0) is 0 Å². The summed E-state index contributed by atoms with van der Waals surface area (Å²) in [6.45, 7) is 5.04. The van der Waals surface area contributed by atoms with E-state index in [9.17, 15) is 0 Å². The van der Waals surface area contributed by atoms with Gasteiger partial charge in [0.1, 0.15) is 0 Å². The van der Waals surface area contributed by atoms with E-state index in [-0.39, 0.29) is 0 Å². The van der Waals surface area contributed by atoms with Gasteiger partial charge >= 0.3 is 0 Å². The fourth-order valence-electron chi connectivity index (χ4n) is 0.678. The standard InChI is InChI=1S/C7H15N/c1-3-4-7(2)5-6-8/h4H,3,5-6,8H2,1-2H3/b7-4-. The Bertz CT molecular complexity index is 74.5. The third-order valence-corrected chi connectivity index (χ3v) is 1.09. The van der Waals surface area contributed by atoms with Gasteiger partial charge in [-0.15, -0.1) is 0 Å². The zero-order valence-corrected chi connectivity index (χ0v) is 5.78. The van der Waals surface area contributed by atoms with Crippen molar-refractivity contribution in [3.63, 3.8) is 0 Å². The zero-order valence-electron chi connectivity index (χ0n) is 5.78. The highest BCUT2D eigenvalue weighted by molar-refractivity contribution is 4.96. The second-order valence-corrected chi connectivity index (χ2v) is 2.00. The Labute approximate surface area is 51.6 Å². The number of hydrogen-bond acceptors (Lipinski definition) is 1. The number of allylic oxidation sites excluding steroid dienone is 1. The van der Waals surface area contributed by atoms with Crippen molar-refractivity contribution in [2.24, 2.45) is 5.73 Å². The van der Waals surface area contributed by atoms with Gasteiger partial charge in [0.05, 0.1) is 0 Å². The molecule has 1 nitrogen and oxygen atoms in total. The van der Waals surface area contributed by atoms with Gasteiger partial charge in [0.2, 0.25) is 0 Å². The lowest BCUT2D eigenvalue weighted by Gasteiger charge is -1.93. The van der Waals surface area contributed by atoms with Gasteiger partial charge in [-0.05, 0) is 26.3 Å². The Kier molecular flexibility index (Phi) is 4.67. The lowest BCUT2D eigenvalue weighted by atomic mass is 10.2. The van der Waals surface area contributed by atoms with Crippen molar-refractivity contribution in [2.75, 3.05) is 6.54 Å². The Balaban J connectivity index is 3.29. The van der Waals surface area contributed by atoms with Crippen molar-refractivity contribution in [3.05, 3.63) is 11.6 Å². The molecular weight excluding hydrogens is 98.1 g/mol. The van der Waals surface area contributed by atoms with Crippen LogP contribution < -0.4 is 5.73 Å². The smallest absolute Gasteiger partial charge is 0.00401 e. The third kappa shape index (κ3) is 3.88. The molecule has 0 aromatic rings. The summed E-state index contributed by atoms with van der Waals surface area (Å²) in [6.07, 6.45) is 4.40. The van der Waals surface area contributed by atoms with E-state index in [1.165, 1.54) is 5.57 Å². The fraction of sp³-hybridized carbons (Fsp3) is 0.714. The fourth-order valence-corrected chi connectivity index (χ4v) is 0.678. The summed E-state index contributed by atoms with van der Waals surface area (Å²) in [5.74, 6) is 0. The van der Waals surface area contributed by atoms with Crippen molar-refractivity contribution < 1.29 is 0 Å². The van der Waals surface area contributed by atoms with E-state index in [1.54, 1.807) is 0 Å².